The molecule has 1 aliphatic heterocycles. The van der Waals surface area contributed by atoms with Gasteiger partial charge < -0.3 is 9.80 Å². The van der Waals surface area contributed by atoms with E-state index in [1.807, 2.05) is 52.3 Å². The molecule has 0 radical (unpaired) electrons. The van der Waals surface area contributed by atoms with Crippen LogP contribution in [0.1, 0.15) is 15.2 Å². The van der Waals surface area contributed by atoms with Gasteiger partial charge in [-0.3, -0.25) is 14.6 Å². The van der Waals surface area contributed by atoms with Gasteiger partial charge in [0.05, 0.1) is 11.3 Å². The van der Waals surface area contributed by atoms with Gasteiger partial charge in [-0.1, -0.05) is 24.3 Å². The maximum absolute atomic E-state index is 12.8. The number of benzene rings is 1. The maximum atomic E-state index is 12.8. The first-order chi connectivity index (χ1) is 12.7. The minimum Gasteiger partial charge on any atom is -0.339 e. The highest BCUT2D eigenvalue weighted by atomic mass is 32.1. The summed E-state index contributed by atoms with van der Waals surface area (Å²) in [5.74, 6) is 0.150. The van der Waals surface area contributed by atoms with Gasteiger partial charge in [-0.25, -0.2) is 0 Å². The average Bonchev–Trinajstić information content (AvgIpc) is 3.12. The van der Waals surface area contributed by atoms with Gasteiger partial charge in [0.1, 0.15) is 0 Å². The molecule has 0 bridgehead atoms. The lowest BCUT2D eigenvalue weighted by Gasteiger charge is -2.34. The van der Waals surface area contributed by atoms with E-state index in [1.165, 1.54) is 11.3 Å². The van der Waals surface area contributed by atoms with Crippen LogP contribution in [0.25, 0.3) is 10.1 Å². The summed E-state index contributed by atoms with van der Waals surface area (Å²) in [6.07, 6.45) is 3.78. The number of piperazine rings is 1. The molecule has 4 rings (SSSR count). The minimum absolute atomic E-state index is 0.0607. The number of hydrogen-bond acceptors (Lipinski definition) is 4. The predicted molar refractivity (Wildman–Crippen MR) is 102 cm³/mol. The second kappa shape index (κ2) is 7.25. The monoisotopic (exact) mass is 365 g/mol. The summed E-state index contributed by atoms with van der Waals surface area (Å²) in [6, 6.07) is 13.7. The van der Waals surface area contributed by atoms with E-state index in [0.717, 1.165) is 20.5 Å². The molecular formula is C20H19N3O2S. The van der Waals surface area contributed by atoms with E-state index in [2.05, 4.69) is 4.98 Å². The smallest absolute Gasteiger partial charge is 0.264 e. The van der Waals surface area contributed by atoms with E-state index in [1.54, 1.807) is 12.4 Å². The van der Waals surface area contributed by atoms with E-state index < -0.39 is 0 Å². The quantitative estimate of drug-likeness (QED) is 0.717. The molecule has 0 atom stereocenters. The van der Waals surface area contributed by atoms with Crippen LogP contribution in [-0.4, -0.2) is 52.8 Å². The SMILES string of the molecule is O=C(Cc1cccnc1)N1CCN(C(=O)c2cc3ccccc3s2)CC1. The molecule has 3 heterocycles. The number of fused-ring (bicyclic) bond motifs is 1. The third-order valence-corrected chi connectivity index (χ3v) is 5.74. The van der Waals surface area contributed by atoms with Gasteiger partial charge >= 0.3 is 0 Å². The van der Waals surface area contributed by atoms with Crippen molar-refractivity contribution in [1.82, 2.24) is 14.8 Å². The van der Waals surface area contributed by atoms with Crippen molar-refractivity contribution in [2.45, 2.75) is 6.42 Å². The molecule has 2 aromatic heterocycles. The molecule has 0 unspecified atom stereocenters. The van der Waals surface area contributed by atoms with Gasteiger partial charge in [0, 0.05) is 43.3 Å². The fourth-order valence-electron chi connectivity index (χ4n) is 3.19. The lowest BCUT2D eigenvalue weighted by molar-refractivity contribution is -0.131. The summed E-state index contributed by atoms with van der Waals surface area (Å²) in [7, 11) is 0. The number of thiophene rings is 1. The van der Waals surface area contributed by atoms with Gasteiger partial charge in [0.25, 0.3) is 5.91 Å². The fraction of sp³-hybridized carbons (Fsp3) is 0.250. The number of carbonyl (C=O) groups is 2. The Labute approximate surface area is 155 Å². The standard InChI is InChI=1S/C20H19N3O2S/c24-19(12-15-4-3-7-21-14-15)22-8-10-23(11-9-22)20(25)18-13-16-5-1-2-6-17(16)26-18/h1-7,13-14H,8-12H2. The molecule has 0 aliphatic carbocycles. The zero-order valence-electron chi connectivity index (χ0n) is 14.3. The van der Waals surface area contributed by atoms with E-state index in [4.69, 9.17) is 0 Å². The lowest BCUT2D eigenvalue weighted by atomic mass is 10.2. The topological polar surface area (TPSA) is 53.5 Å². The minimum atomic E-state index is 0.0607. The Hall–Kier alpha value is -2.73. The number of aromatic nitrogens is 1. The molecule has 3 aromatic rings. The zero-order valence-corrected chi connectivity index (χ0v) is 15.1. The van der Waals surface area contributed by atoms with Crippen LogP contribution in [0.4, 0.5) is 0 Å². The molecule has 26 heavy (non-hydrogen) atoms. The summed E-state index contributed by atoms with van der Waals surface area (Å²) in [5, 5.41) is 1.10. The van der Waals surface area contributed by atoms with Crippen LogP contribution in [0.5, 0.6) is 0 Å². The first-order valence-corrected chi connectivity index (χ1v) is 9.47. The molecular weight excluding hydrogens is 346 g/mol. The van der Waals surface area contributed by atoms with Crippen LogP contribution in [0.2, 0.25) is 0 Å². The van der Waals surface area contributed by atoms with Crippen molar-refractivity contribution in [2.75, 3.05) is 26.2 Å². The summed E-state index contributed by atoms with van der Waals surface area (Å²) < 4.78 is 1.13. The average molecular weight is 365 g/mol. The first-order valence-electron chi connectivity index (χ1n) is 8.65. The summed E-state index contributed by atoms with van der Waals surface area (Å²) in [5.41, 5.74) is 0.918. The third kappa shape index (κ3) is 3.46. The summed E-state index contributed by atoms with van der Waals surface area (Å²) in [4.78, 5) is 33.7. The van der Waals surface area contributed by atoms with Crippen molar-refractivity contribution in [1.29, 1.82) is 0 Å². The van der Waals surface area contributed by atoms with E-state index in [-0.39, 0.29) is 11.8 Å². The Balaban J connectivity index is 1.37. The Bertz CT molecular complexity index is 897. The Morgan fingerprint density at radius 1 is 1.00 bits per heavy atom. The normalized spacial score (nSPS) is 14.6. The van der Waals surface area contributed by atoms with Crippen LogP contribution >= 0.6 is 11.3 Å². The Kier molecular flexibility index (Phi) is 4.67. The highest BCUT2D eigenvalue weighted by molar-refractivity contribution is 7.20. The van der Waals surface area contributed by atoms with Crippen molar-refractivity contribution < 1.29 is 9.59 Å². The molecule has 2 amide bonds. The van der Waals surface area contributed by atoms with Crippen LogP contribution in [0, 0.1) is 0 Å². The number of carbonyl (C=O) groups excluding carboxylic acids is 2. The molecule has 6 heteroatoms. The van der Waals surface area contributed by atoms with Gasteiger partial charge in [-0.15, -0.1) is 11.3 Å². The third-order valence-electron chi connectivity index (χ3n) is 4.63. The van der Waals surface area contributed by atoms with E-state index in [9.17, 15) is 9.59 Å². The van der Waals surface area contributed by atoms with Crippen molar-refractivity contribution >= 4 is 33.2 Å². The van der Waals surface area contributed by atoms with Crippen molar-refractivity contribution in [2.24, 2.45) is 0 Å². The second-order valence-electron chi connectivity index (χ2n) is 6.36. The Morgan fingerprint density at radius 2 is 1.77 bits per heavy atom. The molecule has 1 aromatic carbocycles. The van der Waals surface area contributed by atoms with Gasteiger partial charge in [-0.2, -0.15) is 0 Å². The van der Waals surface area contributed by atoms with Crippen LogP contribution in [-0.2, 0) is 11.2 Å². The molecule has 1 aliphatic rings. The fourth-order valence-corrected chi connectivity index (χ4v) is 4.22. The van der Waals surface area contributed by atoms with E-state index in [0.29, 0.717) is 32.6 Å². The molecule has 1 saturated heterocycles. The maximum Gasteiger partial charge on any atom is 0.264 e. The van der Waals surface area contributed by atoms with E-state index >= 15 is 0 Å². The predicted octanol–water partition coefficient (Wildman–Crippen LogP) is 2.82. The zero-order chi connectivity index (χ0) is 17.9. The Morgan fingerprint density at radius 3 is 2.50 bits per heavy atom. The second-order valence-corrected chi connectivity index (χ2v) is 7.44. The van der Waals surface area contributed by atoms with Crippen molar-refractivity contribution in [3.63, 3.8) is 0 Å². The number of nitrogens with zero attached hydrogens (tertiary/aromatic N) is 3. The highest BCUT2D eigenvalue weighted by Gasteiger charge is 2.25. The number of pyridine rings is 1. The highest BCUT2D eigenvalue weighted by Crippen LogP contribution is 2.26. The number of hydrogen-bond donors (Lipinski definition) is 0. The lowest BCUT2D eigenvalue weighted by Crippen LogP contribution is -2.50. The van der Waals surface area contributed by atoms with Gasteiger partial charge in [0.15, 0.2) is 0 Å². The molecule has 1 fully saturated rings. The van der Waals surface area contributed by atoms with Crippen LogP contribution in [0.3, 0.4) is 0 Å². The van der Waals surface area contributed by atoms with Gasteiger partial charge in [0.2, 0.25) is 5.91 Å². The molecule has 132 valence electrons. The van der Waals surface area contributed by atoms with Crippen LogP contribution in [0.15, 0.2) is 54.9 Å². The molecule has 0 N–H and O–H groups in total. The van der Waals surface area contributed by atoms with Crippen LogP contribution < -0.4 is 0 Å². The molecule has 0 saturated carbocycles. The summed E-state index contributed by atoms with van der Waals surface area (Å²) >= 11 is 1.53. The molecule has 5 nitrogen and oxygen atoms in total. The van der Waals surface area contributed by atoms with Crippen molar-refractivity contribution in [3.05, 3.63) is 65.3 Å². The largest absolute Gasteiger partial charge is 0.339 e. The van der Waals surface area contributed by atoms with Gasteiger partial charge in [-0.05, 0) is 29.1 Å². The summed E-state index contributed by atoms with van der Waals surface area (Å²) in [6.45, 7) is 2.31. The molecule has 0 spiro atoms. The number of rotatable bonds is 3. The van der Waals surface area contributed by atoms with Crippen molar-refractivity contribution in [3.8, 4) is 0 Å². The number of amides is 2. The first kappa shape index (κ1) is 16.7.